The van der Waals surface area contributed by atoms with Gasteiger partial charge in [0.15, 0.2) is 0 Å². The van der Waals surface area contributed by atoms with Crippen LogP contribution in [0.3, 0.4) is 0 Å². The van der Waals surface area contributed by atoms with Gasteiger partial charge in [0.25, 0.3) is 0 Å². The standard InChI is InChI=1S/2C41H66O10/c2*1-5-30(23-42)35(47)18-12-17-34-31(24-43)19-20-38(27-44,25-37(4,49)22-21-36(2,3)48)40(34,41(51,29-46)33-15-10-7-11-16-33)26-39(50,28-45)32-13-8-6-9-14-32/h2*6-11,13-16,30-31,34-35,42-51H,5,12,17-29H2,1-4H3. The zero-order valence-corrected chi connectivity index (χ0v) is 62.3. The van der Waals surface area contributed by atoms with Crippen molar-refractivity contribution in [1.82, 2.24) is 0 Å². The lowest BCUT2D eigenvalue weighted by Crippen LogP contribution is -2.69. The Morgan fingerprint density at radius 1 is 0.392 bits per heavy atom. The molecule has 0 heterocycles. The highest BCUT2D eigenvalue weighted by Gasteiger charge is 2.73. The van der Waals surface area contributed by atoms with E-state index in [1.54, 1.807) is 163 Å². The highest BCUT2D eigenvalue weighted by Crippen LogP contribution is 2.72. The molecular weight excluding hydrogens is 1300 g/mol. The third kappa shape index (κ3) is 20.1. The van der Waals surface area contributed by atoms with Gasteiger partial charge in [-0.15, -0.1) is 0 Å². The van der Waals surface area contributed by atoms with Gasteiger partial charge in [0.05, 0.1) is 61.0 Å². The first-order valence-corrected chi connectivity index (χ1v) is 37.4. The summed E-state index contributed by atoms with van der Waals surface area (Å²) in [6.07, 6.45) is 2.39. The van der Waals surface area contributed by atoms with Gasteiger partial charge in [-0.25, -0.2) is 0 Å². The average molecular weight is 1440 g/mol. The summed E-state index contributed by atoms with van der Waals surface area (Å²) in [5.41, 5.74) is -18.6. The summed E-state index contributed by atoms with van der Waals surface area (Å²) >= 11 is 0. The van der Waals surface area contributed by atoms with E-state index in [0.717, 1.165) is 0 Å². The van der Waals surface area contributed by atoms with Gasteiger partial charge >= 0.3 is 0 Å². The van der Waals surface area contributed by atoms with Crippen molar-refractivity contribution in [2.45, 2.75) is 241 Å². The molecule has 18 unspecified atom stereocenters. The van der Waals surface area contributed by atoms with E-state index in [9.17, 15) is 102 Å². The lowest BCUT2D eigenvalue weighted by Gasteiger charge is -2.67. The topological polar surface area (TPSA) is 405 Å². The molecule has 4 aromatic rings. The molecule has 0 aromatic heterocycles. The van der Waals surface area contributed by atoms with Gasteiger partial charge in [-0.1, -0.05) is 148 Å². The van der Waals surface area contributed by atoms with Crippen LogP contribution in [0.2, 0.25) is 0 Å². The Hall–Kier alpha value is -3.92. The molecule has 0 saturated heterocycles. The van der Waals surface area contributed by atoms with Gasteiger partial charge in [-0.05, 0) is 203 Å². The van der Waals surface area contributed by atoms with Gasteiger partial charge in [0.1, 0.15) is 22.4 Å². The van der Waals surface area contributed by atoms with E-state index < -0.39 is 142 Å². The zero-order valence-electron chi connectivity index (χ0n) is 62.3. The quantitative estimate of drug-likeness (QED) is 0.0219. The summed E-state index contributed by atoms with van der Waals surface area (Å²) < 4.78 is 0. The molecule has 2 aliphatic carbocycles. The monoisotopic (exact) mass is 1440 g/mol. The largest absolute Gasteiger partial charge is 0.396 e. The second kappa shape index (κ2) is 37.7. The minimum atomic E-state index is -2.20. The zero-order chi connectivity index (χ0) is 76.3. The number of hydrogen-bond acceptors (Lipinski definition) is 20. The third-order valence-corrected chi connectivity index (χ3v) is 24.7. The minimum Gasteiger partial charge on any atom is -0.396 e. The first kappa shape index (κ1) is 88.7. The Morgan fingerprint density at radius 3 is 0.922 bits per heavy atom. The van der Waals surface area contributed by atoms with E-state index in [4.69, 9.17) is 0 Å². The summed E-state index contributed by atoms with van der Waals surface area (Å²) in [5, 5.41) is 230. The van der Waals surface area contributed by atoms with Crippen molar-refractivity contribution in [3.63, 3.8) is 0 Å². The molecule has 580 valence electrons. The molecule has 0 radical (unpaired) electrons. The summed E-state index contributed by atoms with van der Waals surface area (Å²) in [7, 11) is 0. The van der Waals surface area contributed by atoms with Crippen LogP contribution in [0.1, 0.15) is 206 Å². The molecule has 20 N–H and O–H groups in total. The van der Waals surface area contributed by atoms with E-state index in [1.165, 1.54) is 0 Å². The molecule has 2 fully saturated rings. The Bertz CT molecular complexity index is 2800. The van der Waals surface area contributed by atoms with Crippen LogP contribution in [-0.2, 0) is 22.4 Å². The molecule has 0 aliphatic heterocycles. The molecule has 102 heavy (non-hydrogen) atoms. The van der Waals surface area contributed by atoms with Crippen molar-refractivity contribution in [1.29, 1.82) is 0 Å². The Morgan fingerprint density at radius 2 is 0.686 bits per heavy atom. The second-order valence-corrected chi connectivity index (χ2v) is 32.9. The first-order chi connectivity index (χ1) is 47.9. The molecule has 20 heteroatoms. The van der Waals surface area contributed by atoms with E-state index in [2.05, 4.69) is 0 Å². The maximum Gasteiger partial charge on any atom is 0.119 e. The SMILES string of the molecule is CCC(CO)C(O)CCCC1C(CO)CCC(CO)(CC(C)(O)CCC(C)(C)O)C1(CC(O)(CO)c1ccccc1)C(O)(CO)c1ccccc1.CCC(CO)C(O)CCCC1C(CO)CCC(CO)(CC(C)(O)CCC(C)(C)O)C1(CC(O)(CO)c1ccccc1)C(O)(CO)c1ccccc1. The third-order valence-electron chi connectivity index (χ3n) is 24.7. The van der Waals surface area contributed by atoms with E-state index in [1.807, 2.05) is 13.8 Å². The highest BCUT2D eigenvalue weighted by molar-refractivity contribution is 5.35. The fraction of sp³-hybridized carbons (Fsp3) is 0.707. The fourth-order valence-corrected chi connectivity index (χ4v) is 19.0. The normalized spacial score (nSPS) is 27.6. The van der Waals surface area contributed by atoms with Gasteiger partial charge in [0, 0.05) is 73.1 Å². The van der Waals surface area contributed by atoms with Gasteiger partial charge in [-0.3, -0.25) is 0 Å². The smallest absolute Gasteiger partial charge is 0.119 e. The van der Waals surface area contributed by atoms with Crippen LogP contribution in [0.4, 0.5) is 0 Å². The van der Waals surface area contributed by atoms with Gasteiger partial charge in [0.2, 0.25) is 0 Å². The second-order valence-electron chi connectivity index (χ2n) is 32.9. The van der Waals surface area contributed by atoms with E-state index in [0.29, 0.717) is 73.6 Å². The van der Waals surface area contributed by atoms with Crippen LogP contribution in [0.5, 0.6) is 0 Å². The summed E-state index contributed by atoms with van der Waals surface area (Å²) in [4.78, 5) is 0. The molecule has 6 rings (SSSR count). The molecule has 18 atom stereocenters. The lowest BCUT2D eigenvalue weighted by atomic mass is 9.38. The molecule has 0 spiro atoms. The number of benzene rings is 4. The predicted molar refractivity (Wildman–Crippen MR) is 392 cm³/mol. The van der Waals surface area contributed by atoms with Crippen molar-refractivity contribution in [2.24, 2.45) is 57.2 Å². The Labute approximate surface area is 607 Å². The van der Waals surface area contributed by atoms with Crippen molar-refractivity contribution in [2.75, 3.05) is 66.1 Å². The van der Waals surface area contributed by atoms with Crippen molar-refractivity contribution in [3.05, 3.63) is 144 Å². The lowest BCUT2D eigenvalue weighted by molar-refractivity contribution is -0.288. The average Bonchev–Trinajstić information content (AvgIpc) is 0.691. The molecule has 2 saturated carbocycles. The van der Waals surface area contributed by atoms with E-state index >= 15 is 0 Å². The number of aliphatic hydroxyl groups excluding tert-OH is 12. The molecule has 4 aromatic carbocycles. The maximum absolute atomic E-state index is 13.4. The van der Waals surface area contributed by atoms with E-state index in [-0.39, 0.29) is 115 Å². The molecule has 2 aliphatic rings. The van der Waals surface area contributed by atoms with Crippen LogP contribution in [0.15, 0.2) is 121 Å². The highest BCUT2D eigenvalue weighted by atomic mass is 16.4. The van der Waals surface area contributed by atoms with Crippen molar-refractivity contribution < 1.29 is 102 Å². The van der Waals surface area contributed by atoms with Crippen LogP contribution < -0.4 is 0 Å². The summed E-state index contributed by atoms with van der Waals surface area (Å²) in [6, 6.07) is 34.2. The maximum atomic E-state index is 13.4. The fourth-order valence-electron chi connectivity index (χ4n) is 19.0. The molecular formula is C82H132O20. The van der Waals surface area contributed by atoms with Crippen molar-refractivity contribution >= 4 is 0 Å². The molecule has 0 amide bonds. The first-order valence-electron chi connectivity index (χ1n) is 37.4. The van der Waals surface area contributed by atoms with Crippen molar-refractivity contribution in [3.8, 4) is 0 Å². The minimum absolute atomic E-state index is 0.0995. The van der Waals surface area contributed by atoms with Crippen LogP contribution >= 0.6 is 0 Å². The summed E-state index contributed by atoms with van der Waals surface area (Å²) in [5.74, 6) is -3.13. The molecule has 0 bridgehead atoms. The Balaban J connectivity index is 0.000000367. The molecule has 20 nitrogen and oxygen atoms in total. The van der Waals surface area contributed by atoms with Crippen LogP contribution in [0.25, 0.3) is 0 Å². The Kier molecular flexibility index (Phi) is 32.8. The predicted octanol–water partition coefficient (Wildman–Crippen LogP) is 6.72. The number of rotatable bonds is 42. The van der Waals surface area contributed by atoms with Crippen LogP contribution in [0, 0.1) is 57.2 Å². The number of aliphatic hydroxyl groups is 20. The van der Waals surface area contributed by atoms with Gasteiger partial charge in [-0.2, -0.15) is 0 Å². The van der Waals surface area contributed by atoms with Gasteiger partial charge < -0.3 is 102 Å². The number of hydrogen-bond donors (Lipinski definition) is 20. The van der Waals surface area contributed by atoms with Crippen LogP contribution in [-0.4, -0.2) is 203 Å². The summed E-state index contributed by atoms with van der Waals surface area (Å²) in [6.45, 7) is 8.25.